The fourth-order valence-corrected chi connectivity index (χ4v) is 5.31. The molecule has 4 aromatic rings. The predicted molar refractivity (Wildman–Crippen MR) is 130 cm³/mol. The van der Waals surface area contributed by atoms with Gasteiger partial charge in [0.25, 0.3) is 5.91 Å². The molecule has 0 radical (unpaired) electrons. The van der Waals surface area contributed by atoms with Crippen molar-refractivity contribution in [1.82, 2.24) is 4.90 Å². The van der Waals surface area contributed by atoms with Crippen LogP contribution >= 0.6 is 11.3 Å². The Morgan fingerprint density at radius 2 is 1.44 bits per heavy atom. The number of nitrogens with zero attached hydrogens (tertiary/aromatic N) is 1. The van der Waals surface area contributed by atoms with Gasteiger partial charge in [-0.1, -0.05) is 60.7 Å². The largest absolute Gasteiger partial charge is 0.338 e. The van der Waals surface area contributed by atoms with Crippen molar-refractivity contribution in [2.24, 2.45) is 0 Å². The fourth-order valence-electron chi connectivity index (χ4n) is 4.30. The SMILES string of the molecule is O=C(Nc1ccc2sc(C(=O)N3CCCC3)cc2c1)C(c1ccccc1)c1ccccc1. The zero-order valence-electron chi connectivity index (χ0n) is 17.7. The number of anilines is 1. The highest BCUT2D eigenvalue weighted by Crippen LogP contribution is 2.31. The fraction of sp³-hybridized carbons (Fsp3) is 0.185. The van der Waals surface area contributed by atoms with Crippen molar-refractivity contribution in [3.8, 4) is 0 Å². The maximum absolute atomic E-state index is 13.4. The van der Waals surface area contributed by atoms with Crippen molar-refractivity contribution in [3.63, 3.8) is 0 Å². The van der Waals surface area contributed by atoms with Crippen molar-refractivity contribution < 1.29 is 9.59 Å². The Morgan fingerprint density at radius 3 is 2.06 bits per heavy atom. The molecule has 0 atom stereocenters. The second-order valence-electron chi connectivity index (χ2n) is 8.11. The van der Waals surface area contributed by atoms with Crippen LogP contribution < -0.4 is 5.32 Å². The summed E-state index contributed by atoms with van der Waals surface area (Å²) in [5.74, 6) is -0.365. The van der Waals surface area contributed by atoms with Gasteiger partial charge in [0, 0.05) is 23.5 Å². The van der Waals surface area contributed by atoms with Gasteiger partial charge in [-0.15, -0.1) is 11.3 Å². The lowest BCUT2D eigenvalue weighted by atomic mass is 9.90. The summed E-state index contributed by atoms with van der Waals surface area (Å²) >= 11 is 1.52. The molecule has 1 saturated heterocycles. The van der Waals surface area contributed by atoms with Gasteiger partial charge < -0.3 is 10.2 Å². The molecule has 1 fully saturated rings. The molecule has 0 spiro atoms. The van der Waals surface area contributed by atoms with Gasteiger partial charge in [-0.2, -0.15) is 0 Å². The standard InChI is InChI=1S/C27H24N2O2S/c30-26(25(19-9-3-1-4-10-19)20-11-5-2-6-12-20)28-22-13-14-23-21(17-22)18-24(32-23)27(31)29-15-7-8-16-29/h1-6,9-14,17-18,25H,7-8,15-16H2,(H,28,30). The number of rotatable bonds is 5. The Morgan fingerprint density at radius 1 is 0.812 bits per heavy atom. The molecular formula is C27H24N2O2S. The third kappa shape index (κ3) is 4.16. The molecule has 1 aliphatic heterocycles. The highest BCUT2D eigenvalue weighted by Gasteiger charge is 2.24. The summed E-state index contributed by atoms with van der Waals surface area (Å²) < 4.78 is 1.05. The molecule has 2 heterocycles. The molecule has 5 rings (SSSR count). The number of hydrogen-bond acceptors (Lipinski definition) is 3. The van der Waals surface area contributed by atoms with E-state index in [-0.39, 0.29) is 11.8 Å². The number of amides is 2. The zero-order chi connectivity index (χ0) is 21.9. The topological polar surface area (TPSA) is 49.4 Å². The van der Waals surface area contributed by atoms with Crippen LogP contribution in [0.2, 0.25) is 0 Å². The molecule has 32 heavy (non-hydrogen) atoms. The van der Waals surface area contributed by atoms with E-state index < -0.39 is 5.92 Å². The molecule has 3 aromatic carbocycles. The van der Waals surface area contributed by atoms with Crippen LogP contribution in [0.3, 0.4) is 0 Å². The highest BCUT2D eigenvalue weighted by molar-refractivity contribution is 7.20. The maximum Gasteiger partial charge on any atom is 0.263 e. The van der Waals surface area contributed by atoms with Gasteiger partial charge in [0.05, 0.1) is 10.8 Å². The monoisotopic (exact) mass is 440 g/mol. The van der Waals surface area contributed by atoms with Crippen molar-refractivity contribution in [2.45, 2.75) is 18.8 Å². The van der Waals surface area contributed by atoms with E-state index in [9.17, 15) is 9.59 Å². The summed E-state index contributed by atoms with van der Waals surface area (Å²) in [5, 5.41) is 4.07. The molecule has 160 valence electrons. The third-order valence-electron chi connectivity index (χ3n) is 5.92. The van der Waals surface area contributed by atoms with E-state index in [1.807, 2.05) is 89.8 Å². The van der Waals surface area contributed by atoms with Gasteiger partial charge in [-0.05, 0) is 53.6 Å². The molecule has 1 N–H and O–H groups in total. The number of carbonyl (C=O) groups is 2. The average molecular weight is 441 g/mol. The normalized spacial score (nSPS) is 13.6. The number of thiophene rings is 1. The van der Waals surface area contributed by atoms with Crippen LogP contribution in [-0.2, 0) is 4.79 Å². The lowest BCUT2D eigenvalue weighted by molar-refractivity contribution is -0.116. The summed E-state index contributed by atoms with van der Waals surface area (Å²) in [7, 11) is 0. The molecular weight excluding hydrogens is 416 g/mol. The Kier molecular flexibility index (Phi) is 5.73. The summed E-state index contributed by atoms with van der Waals surface area (Å²) in [5.41, 5.74) is 2.63. The van der Waals surface area contributed by atoms with Crippen molar-refractivity contribution in [3.05, 3.63) is 101 Å². The first-order chi connectivity index (χ1) is 15.7. The number of hydrogen-bond donors (Lipinski definition) is 1. The van der Waals surface area contributed by atoms with Crippen LogP contribution in [0.5, 0.6) is 0 Å². The molecule has 1 aromatic heterocycles. The second kappa shape index (κ2) is 8.97. The van der Waals surface area contributed by atoms with Crippen LogP contribution in [-0.4, -0.2) is 29.8 Å². The van der Waals surface area contributed by atoms with E-state index in [0.717, 1.165) is 57.7 Å². The molecule has 0 saturated carbocycles. The van der Waals surface area contributed by atoms with E-state index in [1.165, 1.54) is 11.3 Å². The van der Waals surface area contributed by atoms with E-state index in [4.69, 9.17) is 0 Å². The van der Waals surface area contributed by atoms with Crippen molar-refractivity contribution in [1.29, 1.82) is 0 Å². The molecule has 5 heteroatoms. The summed E-state index contributed by atoms with van der Waals surface area (Å²) in [6.07, 6.45) is 2.16. The summed E-state index contributed by atoms with van der Waals surface area (Å²) in [6, 6.07) is 27.4. The van der Waals surface area contributed by atoms with E-state index in [1.54, 1.807) is 0 Å². The summed E-state index contributed by atoms with van der Waals surface area (Å²) in [6.45, 7) is 1.68. The van der Waals surface area contributed by atoms with Crippen LogP contribution in [0, 0.1) is 0 Å². The number of fused-ring (bicyclic) bond motifs is 1. The smallest absolute Gasteiger partial charge is 0.263 e. The lowest BCUT2D eigenvalue weighted by Crippen LogP contribution is -2.26. The van der Waals surface area contributed by atoms with Gasteiger partial charge in [-0.3, -0.25) is 9.59 Å². The Bertz CT molecular complexity index is 1210. The van der Waals surface area contributed by atoms with Crippen molar-refractivity contribution in [2.75, 3.05) is 18.4 Å². The number of benzene rings is 3. The third-order valence-corrected chi connectivity index (χ3v) is 7.02. The first-order valence-corrected chi connectivity index (χ1v) is 11.7. The average Bonchev–Trinajstić information content (AvgIpc) is 3.50. The predicted octanol–water partition coefficient (Wildman–Crippen LogP) is 5.91. The summed E-state index contributed by atoms with van der Waals surface area (Å²) in [4.78, 5) is 28.8. The maximum atomic E-state index is 13.4. The molecule has 4 nitrogen and oxygen atoms in total. The Hall–Kier alpha value is -3.44. The van der Waals surface area contributed by atoms with Gasteiger partial charge in [0.15, 0.2) is 0 Å². The van der Waals surface area contributed by atoms with Gasteiger partial charge in [0.1, 0.15) is 0 Å². The van der Waals surface area contributed by atoms with Gasteiger partial charge in [0.2, 0.25) is 5.91 Å². The van der Waals surface area contributed by atoms with E-state index in [0.29, 0.717) is 0 Å². The number of nitrogens with one attached hydrogen (secondary N) is 1. The van der Waals surface area contributed by atoms with E-state index in [2.05, 4.69) is 5.32 Å². The van der Waals surface area contributed by atoms with Crippen LogP contribution in [0.1, 0.15) is 39.6 Å². The lowest BCUT2D eigenvalue weighted by Gasteiger charge is -2.18. The molecule has 2 amide bonds. The highest BCUT2D eigenvalue weighted by atomic mass is 32.1. The minimum atomic E-state index is -0.400. The zero-order valence-corrected chi connectivity index (χ0v) is 18.5. The van der Waals surface area contributed by atoms with E-state index >= 15 is 0 Å². The number of carbonyl (C=O) groups excluding carboxylic acids is 2. The Labute approximate surface area is 191 Å². The van der Waals surface area contributed by atoms with Gasteiger partial charge in [-0.25, -0.2) is 0 Å². The van der Waals surface area contributed by atoms with Crippen LogP contribution in [0.15, 0.2) is 84.9 Å². The first kappa shape index (κ1) is 20.5. The molecule has 0 aliphatic carbocycles. The van der Waals surface area contributed by atoms with Crippen molar-refractivity contribution >= 4 is 38.9 Å². The van der Waals surface area contributed by atoms with Crippen LogP contribution in [0.25, 0.3) is 10.1 Å². The van der Waals surface area contributed by atoms with Gasteiger partial charge >= 0.3 is 0 Å². The molecule has 0 unspecified atom stereocenters. The number of likely N-dealkylation sites (tertiary alicyclic amines) is 1. The second-order valence-corrected chi connectivity index (χ2v) is 9.19. The first-order valence-electron chi connectivity index (χ1n) is 10.9. The van der Waals surface area contributed by atoms with Crippen LogP contribution in [0.4, 0.5) is 5.69 Å². The molecule has 0 bridgehead atoms. The molecule has 1 aliphatic rings. The minimum Gasteiger partial charge on any atom is -0.338 e. The Balaban J connectivity index is 1.41. The quantitative estimate of drug-likeness (QED) is 0.420. The minimum absolute atomic E-state index is 0.0784.